The smallest absolute Gasteiger partial charge is 0.422 e. The van der Waals surface area contributed by atoms with Gasteiger partial charge in [-0.3, -0.25) is 9.59 Å². The summed E-state index contributed by atoms with van der Waals surface area (Å²) < 4.78 is 46.3. The van der Waals surface area contributed by atoms with Gasteiger partial charge >= 0.3 is 6.18 Å². The molecule has 2 amide bonds. The molecule has 3 rings (SSSR count). The molecular weight excluding hydrogens is 413 g/mol. The molecule has 0 saturated carbocycles. The summed E-state index contributed by atoms with van der Waals surface area (Å²) in [5.74, 6) is -0.0391. The molecule has 0 aliphatic rings. The Morgan fingerprint density at radius 3 is 2.26 bits per heavy atom. The maximum Gasteiger partial charge on any atom is 0.422 e. The van der Waals surface area contributed by atoms with E-state index >= 15 is 0 Å². The van der Waals surface area contributed by atoms with Gasteiger partial charge in [-0.05, 0) is 54.1 Å². The molecule has 0 aliphatic heterocycles. The normalized spacial score (nSPS) is 11.1. The molecule has 31 heavy (non-hydrogen) atoms. The predicted octanol–water partition coefficient (Wildman–Crippen LogP) is 4.08. The molecule has 9 heteroatoms. The van der Waals surface area contributed by atoms with Crippen LogP contribution in [0.3, 0.4) is 0 Å². The molecule has 0 radical (unpaired) electrons. The summed E-state index contributed by atoms with van der Waals surface area (Å²) in [7, 11) is 0. The van der Waals surface area contributed by atoms with E-state index in [1.807, 2.05) is 0 Å². The van der Waals surface area contributed by atoms with Crippen LogP contribution in [0.5, 0.6) is 5.75 Å². The third kappa shape index (κ3) is 6.91. The third-order valence-electron chi connectivity index (χ3n) is 4.16. The second kappa shape index (κ2) is 9.84. The van der Waals surface area contributed by atoms with E-state index < -0.39 is 18.7 Å². The van der Waals surface area contributed by atoms with Crippen molar-refractivity contribution < 1.29 is 31.9 Å². The zero-order valence-electron chi connectivity index (χ0n) is 16.2. The van der Waals surface area contributed by atoms with Crippen molar-refractivity contribution in [3.05, 3.63) is 89.4 Å². The van der Waals surface area contributed by atoms with Gasteiger partial charge in [-0.1, -0.05) is 12.1 Å². The summed E-state index contributed by atoms with van der Waals surface area (Å²) in [5, 5.41) is 5.45. The van der Waals surface area contributed by atoms with Gasteiger partial charge in [-0.25, -0.2) is 0 Å². The first-order valence-corrected chi connectivity index (χ1v) is 9.27. The fourth-order valence-electron chi connectivity index (χ4n) is 2.66. The number of benzene rings is 2. The summed E-state index contributed by atoms with van der Waals surface area (Å²) in [6, 6.07) is 15.6. The van der Waals surface area contributed by atoms with Gasteiger partial charge in [-0.15, -0.1) is 0 Å². The van der Waals surface area contributed by atoms with E-state index in [1.54, 1.807) is 36.4 Å². The van der Waals surface area contributed by atoms with Crippen LogP contribution < -0.4 is 15.4 Å². The summed E-state index contributed by atoms with van der Waals surface area (Å²) in [6.45, 7) is -0.968. The molecule has 0 bridgehead atoms. The van der Waals surface area contributed by atoms with E-state index in [-0.39, 0.29) is 30.3 Å². The van der Waals surface area contributed by atoms with Gasteiger partial charge in [0.1, 0.15) is 11.5 Å². The lowest BCUT2D eigenvalue weighted by Gasteiger charge is -2.10. The van der Waals surface area contributed by atoms with Gasteiger partial charge in [0.05, 0.1) is 12.8 Å². The zero-order chi connectivity index (χ0) is 22.3. The third-order valence-corrected chi connectivity index (χ3v) is 4.16. The highest BCUT2D eigenvalue weighted by molar-refractivity contribution is 5.95. The van der Waals surface area contributed by atoms with Crippen molar-refractivity contribution in [3.8, 4) is 5.75 Å². The Morgan fingerprint density at radius 2 is 1.58 bits per heavy atom. The predicted molar refractivity (Wildman–Crippen MR) is 105 cm³/mol. The number of ether oxygens (including phenoxy) is 1. The average molecular weight is 432 g/mol. The zero-order valence-corrected chi connectivity index (χ0v) is 16.2. The topological polar surface area (TPSA) is 80.6 Å². The molecule has 3 aromatic rings. The van der Waals surface area contributed by atoms with Crippen molar-refractivity contribution in [2.45, 2.75) is 19.3 Å². The van der Waals surface area contributed by atoms with Gasteiger partial charge in [0.25, 0.3) is 11.8 Å². The van der Waals surface area contributed by atoms with Crippen LogP contribution in [0.15, 0.2) is 71.3 Å². The number of alkyl halides is 3. The quantitative estimate of drug-likeness (QED) is 0.562. The maximum atomic E-state index is 12.3. The Labute approximate surface area is 176 Å². The van der Waals surface area contributed by atoms with E-state index in [9.17, 15) is 22.8 Å². The minimum Gasteiger partial charge on any atom is -0.484 e. The number of halogens is 3. The van der Waals surface area contributed by atoms with E-state index in [0.29, 0.717) is 16.9 Å². The average Bonchev–Trinajstić information content (AvgIpc) is 3.28. The first kappa shape index (κ1) is 21.9. The number of carbonyl (C=O) groups is 2. The van der Waals surface area contributed by atoms with Crippen LogP contribution in [0.2, 0.25) is 0 Å². The molecule has 162 valence electrons. The number of carbonyl (C=O) groups excluding carboxylic acids is 2. The number of hydrogen-bond acceptors (Lipinski definition) is 4. The van der Waals surface area contributed by atoms with Crippen LogP contribution in [0, 0.1) is 0 Å². The van der Waals surface area contributed by atoms with Crippen LogP contribution >= 0.6 is 0 Å². The highest BCUT2D eigenvalue weighted by Gasteiger charge is 2.28. The van der Waals surface area contributed by atoms with E-state index in [1.165, 1.54) is 30.5 Å². The minimum atomic E-state index is -4.43. The number of rotatable bonds is 8. The molecule has 2 aromatic carbocycles. The highest BCUT2D eigenvalue weighted by atomic mass is 19.4. The maximum absolute atomic E-state index is 12.3. The molecule has 6 nitrogen and oxygen atoms in total. The fraction of sp³-hybridized carbons (Fsp3) is 0.182. The summed E-state index contributed by atoms with van der Waals surface area (Å²) in [6.07, 6.45) is -2.91. The Balaban J connectivity index is 1.51. The first-order valence-electron chi connectivity index (χ1n) is 9.27. The van der Waals surface area contributed by atoms with Crippen molar-refractivity contribution in [1.29, 1.82) is 0 Å². The minimum absolute atomic E-state index is 0.0159. The molecule has 0 spiro atoms. The van der Waals surface area contributed by atoms with Gasteiger partial charge in [0.2, 0.25) is 0 Å². The lowest BCUT2D eigenvalue weighted by Crippen LogP contribution is -2.24. The van der Waals surface area contributed by atoms with Crippen molar-refractivity contribution in [3.63, 3.8) is 0 Å². The standard InChI is InChI=1S/C22H19F3N2O4/c23-22(24,25)14-31-18-8-6-16(7-9-18)20(28)26-12-15-3-1-4-17(11-15)21(29)27-13-19-5-2-10-30-19/h1-11H,12-14H2,(H,26,28)(H,27,29). The number of furan rings is 1. The summed E-state index contributed by atoms with van der Waals surface area (Å²) >= 11 is 0. The second-order valence-electron chi connectivity index (χ2n) is 6.57. The Hall–Kier alpha value is -3.75. The van der Waals surface area contributed by atoms with Crippen LogP contribution in [0.25, 0.3) is 0 Å². The van der Waals surface area contributed by atoms with Crippen molar-refractivity contribution in [2.24, 2.45) is 0 Å². The van der Waals surface area contributed by atoms with Crippen LogP contribution in [0.4, 0.5) is 13.2 Å². The van der Waals surface area contributed by atoms with Crippen LogP contribution in [-0.4, -0.2) is 24.6 Å². The van der Waals surface area contributed by atoms with Crippen molar-refractivity contribution >= 4 is 11.8 Å². The fourth-order valence-corrected chi connectivity index (χ4v) is 2.66. The number of amides is 2. The molecule has 0 saturated heterocycles. The van der Waals surface area contributed by atoms with Gasteiger partial charge in [-0.2, -0.15) is 13.2 Å². The number of nitrogens with one attached hydrogen (secondary N) is 2. The Bertz CT molecular complexity index is 1020. The molecule has 0 unspecified atom stereocenters. The first-order chi connectivity index (χ1) is 14.8. The number of hydrogen-bond donors (Lipinski definition) is 2. The van der Waals surface area contributed by atoms with Gasteiger partial charge < -0.3 is 19.8 Å². The summed E-state index contributed by atoms with van der Waals surface area (Å²) in [5.41, 5.74) is 1.42. The molecule has 0 fully saturated rings. The molecule has 0 atom stereocenters. The van der Waals surface area contributed by atoms with Crippen molar-refractivity contribution in [1.82, 2.24) is 10.6 Å². The van der Waals surface area contributed by atoms with Crippen molar-refractivity contribution in [2.75, 3.05) is 6.61 Å². The molecule has 2 N–H and O–H groups in total. The molecular formula is C22H19F3N2O4. The monoisotopic (exact) mass is 432 g/mol. The Morgan fingerprint density at radius 1 is 0.871 bits per heavy atom. The van der Waals surface area contributed by atoms with Gasteiger partial charge in [0, 0.05) is 17.7 Å². The van der Waals surface area contributed by atoms with Gasteiger partial charge in [0.15, 0.2) is 6.61 Å². The SMILES string of the molecule is O=C(NCc1cccc(C(=O)NCc2ccco2)c1)c1ccc(OCC(F)(F)F)cc1. The summed E-state index contributed by atoms with van der Waals surface area (Å²) in [4.78, 5) is 24.6. The van der Waals surface area contributed by atoms with E-state index in [2.05, 4.69) is 15.4 Å². The van der Waals surface area contributed by atoms with Crippen LogP contribution in [0.1, 0.15) is 32.0 Å². The largest absolute Gasteiger partial charge is 0.484 e. The second-order valence-corrected chi connectivity index (χ2v) is 6.57. The molecule has 1 heterocycles. The van der Waals surface area contributed by atoms with Crippen LogP contribution in [-0.2, 0) is 13.1 Å². The Kier molecular flexibility index (Phi) is 6.96. The highest BCUT2D eigenvalue weighted by Crippen LogP contribution is 2.19. The molecule has 1 aromatic heterocycles. The van der Waals surface area contributed by atoms with E-state index in [0.717, 1.165) is 0 Å². The van der Waals surface area contributed by atoms with E-state index in [4.69, 9.17) is 4.42 Å². The lowest BCUT2D eigenvalue weighted by molar-refractivity contribution is -0.153. The molecule has 0 aliphatic carbocycles. The lowest BCUT2D eigenvalue weighted by atomic mass is 10.1.